The van der Waals surface area contributed by atoms with Crippen molar-refractivity contribution in [3.8, 4) is 0 Å². The minimum Gasteiger partial charge on any atom is -0.394 e. The van der Waals surface area contributed by atoms with Crippen molar-refractivity contribution in [3.63, 3.8) is 0 Å². The van der Waals surface area contributed by atoms with Crippen molar-refractivity contribution in [2.75, 3.05) is 13.2 Å². The van der Waals surface area contributed by atoms with Crippen LogP contribution in [0.3, 0.4) is 0 Å². The predicted molar refractivity (Wildman–Crippen MR) is 89.8 cm³/mol. The van der Waals surface area contributed by atoms with Gasteiger partial charge in [0, 0.05) is 9.75 Å². The Labute approximate surface area is 158 Å². The number of thiophene rings is 1. The maximum Gasteiger partial charge on any atom is 0.121 e. The molecule has 3 rings (SSSR count). The van der Waals surface area contributed by atoms with Gasteiger partial charge in [-0.3, -0.25) is 0 Å². The molecule has 6 unspecified atom stereocenters. The highest BCUT2D eigenvalue weighted by Gasteiger charge is 2.46. The van der Waals surface area contributed by atoms with Gasteiger partial charge in [-0.15, -0.1) is 11.3 Å². The van der Waals surface area contributed by atoms with Crippen LogP contribution in [-0.4, -0.2) is 103 Å². The van der Waals surface area contributed by atoms with E-state index in [1.54, 1.807) is 12.1 Å². The first-order valence-corrected chi connectivity index (χ1v) is 9.32. The lowest BCUT2D eigenvalue weighted by Gasteiger charge is -2.40. The Morgan fingerprint density at radius 2 is 1.00 bits per heavy atom. The first-order chi connectivity index (χ1) is 12.8. The van der Waals surface area contributed by atoms with Gasteiger partial charge in [0.05, 0.1) is 13.2 Å². The van der Waals surface area contributed by atoms with Gasteiger partial charge in [0.1, 0.15) is 61.0 Å². The molecule has 1 aromatic rings. The molecule has 0 spiro atoms. The summed E-state index contributed by atoms with van der Waals surface area (Å²) in [5, 5.41) is 78.5. The molecule has 2 fully saturated rings. The van der Waals surface area contributed by atoms with E-state index in [4.69, 9.17) is 9.47 Å². The van der Waals surface area contributed by atoms with Crippen molar-refractivity contribution in [1.29, 1.82) is 0 Å². The second-order valence-electron chi connectivity index (χ2n) is 6.74. The Kier molecular flexibility index (Phi) is 6.50. The van der Waals surface area contributed by atoms with Crippen LogP contribution in [0.1, 0.15) is 22.0 Å². The molecule has 154 valence electrons. The SMILES string of the molecule is OCC1O[C@H](c2ccc([C@H]3OC(CO)[C@@H](O)C(O)C3O)s2)C(O)C(O)[C@@H]1O. The average molecular weight is 408 g/mol. The molecule has 2 saturated heterocycles. The largest absolute Gasteiger partial charge is 0.394 e. The molecule has 3 heterocycles. The number of rotatable bonds is 4. The van der Waals surface area contributed by atoms with Gasteiger partial charge in [-0.2, -0.15) is 0 Å². The second-order valence-corrected chi connectivity index (χ2v) is 7.89. The summed E-state index contributed by atoms with van der Waals surface area (Å²) in [6.07, 6.45) is -13.0. The van der Waals surface area contributed by atoms with E-state index in [2.05, 4.69) is 0 Å². The van der Waals surface area contributed by atoms with E-state index in [1.165, 1.54) is 0 Å². The number of aliphatic hydroxyl groups is 8. The molecule has 2 aliphatic heterocycles. The highest BCUT2D eigenvalue weighted by molar-refractivity contribution is 7.12. The topological polar surface area (TPSA) is 180 Å². The Balaban J connectivity index is 1.82. The van der Waals surface area contributed by atoms with E-state index >= 15 is 0 Å². The molecule has 0 aliphatic carbocycles. The lowest BCUT2D eigenvalue weighted by Crippen LogP contribution is -2.55. The summed E-state index contributed by atoms with van der Waals surface area (Å²) in [5.41, 5.74) is 0. The fourth-order valence-corrected chi connectivity index (χ4v) is 4.51. The summed E-state index contributed by atoms with van der Waals surface area (Å²) < 4.78 is 11.0. The first kappa shape index (κ1) is 21.0. The van der Waals surface area contributed by atoms with Crippen molar-refractivity contribution < 1.29 is 50.3 Å². The molecule has 10 nitrogen and oxygen atoms in total. The van der Waals surface area contributed by atoms with Crippen LogP contribution in [0.4, 0.5) is 0 Å². The molecule has 0 bridgehead atoms. The lowest BCUT2D eigenvalue weighted by atomic mass is 9.94. The summed E-state index contributed by atoms with van der Waals surface area (Å²) in [6.45, 7) is -1.10. The molecule has 27 heavy (non-hydrogen) atoms. The second kappa shape index (κ2) is 8.35. The van der Waals surface area contributed by atoms with Gasteiger partial charge >= 0.3 is 0 Å². The maximum atomic E-state index is 10.2. The zero-order valence-corrected chi connectivity index (χ0v) is 15.0. The van der Waals surface area contributed by atoms with E-state index in [0.29, 0.717) is 9.75 Å². The summed E-state index contributed by atoms with van der Waals surface area (Å²) in [4.78, 5) is 0.887. The molecule has 2 aliphatic rings. The zero-order chi connectivity index (χ0) is 19.9. The van der Waals surface area contributed by atoms with E-state index in [9.17, 15) is 40.9 Å². The van der Waals surface area contributed by atoms with Crippen LogP contribution in [0.15, 0.2) is 12.1 Å². The highest BCUT2D eigenvalue weighted by atomic mass is 32.1. The van der Waals surface area contributed by atoms with Crippen LogP contribution in [-0.2, 0) is 9.47 Å². The molecule has 8 N–H and O–H groups in total. The van der Waals surface area contributed by atoms with Gasteiger partial charge in [0.15, 0.2) is 0 Å². The maximum absolute atomic E-state index is 10.2. The predicted octanol–water partition coefficient (Wildman–Crippen LogP) is -3.22. The molecule has 11 heteroatoms. The Morgan fingerprint density at radius 1 is 0.630 bits per heavy atom. The minimum absolute atomic E-state index is 0.443. The van der Waals surface area contributed by atoms with E-state index in [0.717, 1.165) is 11.3 Å². The van der Waals surface area contributed by atoms with Crippen LogP contribution >= 0.6 is 11.3 Å². The van der Waals surface area contributed by atoms with Crippen molar-refractivity contribution in [3.05, 3.63) is 21.9 Å². The van der Waals surface area contributed by atoms with Gasteiger partial charge in [-0.25, -0.2) is 0 Å². The van der Waals surface area contributed by atoms with Crippen LogP contribution in [0.25, 0.3) is 0 Å². The Morgan fingerprint density at radius 3 is 1.33 bits per heavy atom. The molecule has 10 atom stereocenters. The van der Waals surface area contributed by atoms with Crippen molar-refractivity contribution in [2.24, 2.45) is 0 Å². The highest BCUT2D eigenvalue weighted by Crippen LogP contribution is 2.40. The summed E-state index contributed by atoms with van der Waals surface area (Å²) in [7, 11) is 0. The van der Waals surface area contributed by atoms with Crippen molar-refractivity contribution in [2.45, 2.75) is 61.0 Å². The fourth-order valence-electron chi connectivity index (χ4n) is 3.35. The zero-order valence-electron chi connectivity index (χ0n) is 14.1. The van der Waals surface area contributed by atoms with E-state index < -0.39 is 74.3 Å². The van der Waals surface area contributed by atoms with E-state index in [-0.39, 0.29) is 0 Å². The summed E-state index contributed by atoms with van der Waals surface area (Å²) >= 11 is 1.07. The van der Waals surface area contributed by atoms with Crippen LogP contribution in [0, 0.1) is 0 Å². The lowest BCUT2D eigenvalue weighted by molar-refractivity contribution is -0.231. The number of aliphatic hydroxyl groups excluding tert-OH is 8. The van der Waals surface area contributed by atoms with Gasteiger partial charge < -0.3 is 50.3 Å². The number of ether oxygens (including phenoxy) is 2. The standard InChI is InChI=1S/C16H24O10S/c17-3-5-9(19)11(21)13(23)15(25-5)7-1-2-8(27-7)16-14(24)12(22)10(20)6(4-18)26-16/h1-2,5-6,9-24H,3-4H2/t5?,6?,9-,10-,11?,12?,13?,14?,15-,16-/m1/s1. The first-order valence-electron chi connectivity index (χ1n) is 8.50. The van der Waals surface area contributed by atoms with Crippen molar-refractivity contribution in [1.82, 2.24) is 0 Å². The van der Waals surface area contributed by atoms with Gasteiger partial charge in [0.25, 0.3) is 0 Å². The third-order valence-corrected chi connectivity index (χ3v) is 6.20. The molecular formula is C16H24O10S. The smallest absolute Gasteiger partial charge is 0.121 e. The average Bonchev–Trinajstić information content (AvgIpc) is 3.14. The monoisotopic (exact) mass is 408 g/mol. The minimum atomic E-state index is -1.52. The van der Waals surface area contributed by atoms with Crippen LogP contribution in [0.2, 0.25) is 0 Å². The fraction of sp³-hybridized carbons (Fsp3) is 0.750. The molecule has 1 aromatic heterocycles. The molecule has 0 saturated carbocycles. The van der Waals surface area contributed by atoms with Gasteiger partial charge in [-0.05, 0) is 12.1 Å². The molecular weight excluding hydrogens is 384 g/mol. The van der Waals surface area contributed by atoms with Gasteiger partial charge in [0.2, 0.25) is 0 Å². The van der Waals surface area contributed by atoms with Crippen LogP contribution in [0.5, 0.6) is 0 Å². The van der Waals surface area contributed by atoms with E-state index in [1.807, 2.05) is 0 Å². The third-order valence-electron chi connectivity index (χ3n) is 4.99. The summed E-state index contributed by atoms with van der Waals surface area (Å²) in [5.74, 6) is 0. The van der Waals surface area contributed by atoms with Gasteiger partial charge in [-0.1, -0.05) is 0 Å². The molecule has 0 aromatic carbocycles. The quantitative estimate of drug-likeness (QED) is 0.252. The third kappa shape index (κ3) is 3.78. The summed E-state index contributed by atoms with van der Waals surface area (Å²) in [6, 6.07) is 3.13. The normalized spacial score (nSPS) is 45.8. The number of hydrogen-bond acceptors (Lipinski definition) is 11. The number of hydrogen-bond donors (Lipinski definition) is 8. The Hall–Kier alpha value is -0.700. The Bertz CT molecular complexity index is 572. The van der Waals surface area contributed by atoms with Crippen LogP contribution < -0.4 is 0 Å². The molecule has 0 radical (unpaired) electrons. The van der Waals surface area contributed by atoms with Crippen molar-refractivity contribution >= 4 is 11.3 Å². The molecule has 0 amide bonds.